The zero-order valence-corrected chi connectivity index (χ0v) is 16.7. The maximum atomic E-state index is 13.2. The first-order valence-electron chi connectivity index (χ1n) is 9.62. The van der Waals surface area contributed by atoms with E-state index in [2.05, 4.69) is 6.92 Å². The Morgan fingerprint density at radius 1 is 1.07 bits per heavy atom. The van der Waals surface area contributed by atoms with Gasteiger partial charge >= 0.3 is 5.97 Å². The first kappa shape index (κ1) is 19.1. The molecule has 0 aromatic heterocycles. The number of nitrogens with zero attached hydrogens (tertiary/aromatic N) is 1. The summed E-state index contributed by atoms with van der Waals surface area (Å²) in [5.41, 5.74) is 3.79. The molecule has 2 heterocycles. The molecule has 0 spiro atoms. The number of carbonyl (C=O) groups excluding carboxylic acids is 2. The Morgan fingerprint density at radius 2 is 1.83 bits per heavy atom. The van der Waals surface area contributed by atoms with Gasteiger partial charge < -0.3 is 14.2 Å². The van der Waals surface area contributed by atoms with Gasteiger partial charge in [-0.25, -0.2) is 4.79 Å². The van der Waals surface area contributed by atoms with Crippen LogP contribution in [0, 0.1) is 0 Å². The number of rotatable bonds is 5. The number of anilines is 1. The van der Waals surface area contributed by atoms with E-state index in [9.17, 15) is 9.59 Å². The van der Waals surface area contributed by atoms with E-state index in [4.69, 9.17) is 14.2 Å². The zero-order valence-electron chi connectivity index (χ0n) is 16.7. The van der Waals surface area contributed by atoms with E-state index in [0.717, 1.165) is 17.7 Å². The fourth-order valence-electron chi connectivity index (χ4n) is 4.09. The summed E-state index contributed by atoms with van der Waals surface area (Å²) in [6.07, 6.45) is 1.06. The smallest absolute Gasteiger partial charge is 0.336 e. The maximum absolute atomic E-state index is 13.2. The van der Waals surface area contributed by atoms with Gasteiger partial charge in [0.1, 0.15) is 6.61 Å². The minimum Gasteiger partial charge on any atom is -0.493 e. The molecule has 29 heavy (non-hydrogen) atoms. The van der Waals surface area contributed by atoms with Crippen LogP contribution in [0.15, 0.2) is 53.7 Å². The Labute approximate surface area is 169 Å². The van der Waals surface area contributed by atoms with Gasteiger partial charge in [-0.3, -0.25) is 9.69 Å². The van der Waals surface area contributed by atoms with Crippen molar-refractivity contribution in [3.8, 4) is 11.5 Å². The number of aryl methyl sites for hydroxylation is 1. The van der Waals surface area contributed by atoms with E-state index in [-0.39, 0.29) is 18.9 Å². The summed E-state index contributed by atoms with van der Waals surface area (Å²) in [5, 5.41) is 0. The highest BCUT2D eigenvalue weighted by Crippen LogP contribution is 2.46. The number of benzene rings is 2. The Morgan fingerprint density at radius 3 is 2.48 bits per heavy atom. The van der Waals surface area contributed by atoms with Crippen LogP contribution < -0.4 is 14.4 Å². The first-order chi connectivity index (χ1) is 14.1. The third-order valence-corrected chi connectivity index (χ3v) is 5.53. The second-order valence-electron chi connectivity index (χ2n) is 7.03. The quantitative estimate of drug-likeness (QED) is 0.727. The molecule has 0 unspecified atom stereocenters. The van der Waals surface area contributed by atoms with Crippen LogP contribution in [0.4, 0.5) is 5.69 Å². The molecule has 0 bridgehead atoms. The lowest BCUT2D eigenvalue weighted by atomic mass is 9.83. The summed E-state index contributed by atoms with van der Waals surface area (Å²) in [7, 11) is 3.11. The number of esters is 1. The molecule has 2 aromatic carbocycles. The van der Waals surface area contributed by atoms with Crippen LogP contribution >= 0.6 is 0 Å². The maximum Gasteiger partial charge on any atom is 0.336 e. The number of para-hydroxylation sites is 1. The standard InChI is InChI=1S/C23H23NO5/c1-4-14-8-10-15(11-9-14)24-18-13-29-23(26)21(18)17(12-20(24)25)16-6-5-7-19(27-2)22(16)28-3/h5-11,17H,4,12-13H2,1-3H3/t17-/m0/s1. The molecule has 0 N–H and O–H groups in total. The molecule has 1 atom stereocenters. The highest BCUT2D eigenvalue weighted by Gasteiger charge is 2.44. The summed E-state index contributed by atoms with van der Waals surface area (Å²) < 4.78 is 16.3. The van der Waals surface area contributed by atoms with Crippen LogP contribution in [0.2, 0.25) is 0 Å². The fraction of sp³-hybridized carbons (Fsp3) is 0.304. The minimum atomic E-state index is -0.441. The molecule has 6 heteroatoms. The monoisotopic (exact) mass is 393 g/mol. The van der Waals surface area contributed by atoms with Gasteiger partial charge in [0.05, 0.1) is 25.5 Å². The Balaban J connectivity index is 1.83. The second-order valence-corrected chi connectivity index (χ2v) is 7.03. The molecule has 2 aliphatic rings. The van der Waals surface area contributed by atoms with E-state index < -0.39 is 11.9 Å². The topological polar surface area (TPSA) is 65.1 Å². The number of hydrogen-bond donors (Lipinski definition) is 0. The van der Waals surface area contributed by atoms with Gasteiger partial charge in [-0.1, -0.05) is 31.2 Å². The van der Waals surface area contributed by atoms with Crippen molar-refractivity contribution in [2.24, 2.45) is 0 Å². The van der Waals surface area contributed by atoms with E-state index in [0.29, 0.717) is 22.8 Å². The number of amides is 1. The predicted octanol–water partition coefficient (Wildman–Crippen LogP) is 3.60. The van der Waals surface area contributed by atoms with E-state index in [1.54, 1.807) is 25.2 Å². The molecule has 0 fully saturated rings. The molecule has 150 valence electrons. The van der Waals surface area contributed by atoms with E-state index >= 15 is 0 Å². The van der Waals surface area contributed by atoms with Gasteiger partial charge in [-0.2, -0.15) is 0 Å². The number of ether oxygens (including phenoxy) is 3. The third kappa shape index (κ3) is 3.14. The van der Waals surface area contributed by atoms with Crippen molar-refractivity contribution in [3.63, 3.8) is 0 Å². The summed E-state index contributed by atoms with van der Waals surface area (Å²) >= 11 is 0. The molecule has 2 aromatic rings. The molecule has 2 aliphatic heterocycles. The van der Waals surface area contributed by atoms with Gasteiger partial charge in [0.25, 0.3) is 0 Å². The van der Waals surface area contributed by atoms with Crippen molar-refractivity contribution in [2.45, 2.75) is 25.7 Å². The van der Waals surface area contributed by atoms with Crippen molar-refractivity contribution in [1.29, 1.82) is 0 Å². The Kier molecular flexibility index (Phi) is 5.01. The predicted molar refractivity (Wildman–Crippen MR) is 108 cm³/mol. The van der Waals surface area contributed by atoms with Crippen molar-refractivity contribution in [3.05, 3.63) is 64.9 Å². The SMILES string of the molecule is CCc1ccc(N2C(=O)C[C@@H](c3cccc(OC)c3OC)C3=C2COC3=O)cc1. The average molecular weight is 393 g/mol. The molecule has 0 radical (unpaired) electrons. The van der Waals surface area contributed by atoms with Crippen molar-refractivity contribution < 1.29 is 23.8 Å². The third-order valence-electron chi connectivity index (χ3n) is 5.53. The van der Waals surface area contributed by atoms with E-state index in [1.165, 1.54) is 5.56 Å². The van der Waals surface area contributed by atoms with Gasteiger partial charge in [0, 0.05) is 23.6 Å². The lowest BCUT2D eigenvalue weighted by Gasteiger charge is -2.32. The molecular formula is C23H23NO5. The van der Waals surface area contributed by atoms with Gasteiger partial charge in [-0.15, -0.1) is 0 Å². The summed E-state index contributed by atoms with van der Waals surface area (Å²) in [6, 6.07) is 13.3. The molecule has 1 amide bonds. The number of methoxy groups -OCH3 is 2. The summed E-state index contributed by atoms with van der Waals surface area (Å²) in [4.78, 5) is 27.4. The molecule has 6 nitrogen and oxygen atoms in total. The van der Waals surface area contributed by atoms with Crippen LogP contribution in [0.5, 0.6) is 11.5 Å². The zero-order chi connectivity index (χ0) is 20.5. The molecule has 4 rings (SSSR count). The number of hydrogen-bond acceptors (Lipinski definition) is 5. The molecule has 0 saturated carbocycles. The van der Waals surface area contributed by atoms with Gasteiger partial charge in [0.15, 0.2) is 11.5 Å². The van der Waals surface area contributed by atoms with Crippen LogP contribution in [0.1, 0.15) is 30.4 Å². The lowest BCUT2D eigenvalue weighted by molar-refractivity contribution is -0.136. The lowest BCUT2D eigenvalue weighted by Crippen LogP contribution is -2.37. The van der Waals surface area contributed by atoms with Crippen LogP contribution in [0.25, 0.3) is 0 Å². The highest BCUT2D eigenvalue weighted by atomic mass is 16.5. The number of cyclic esters (lactones) is 1. The fourth-order valence-corrected chi connectivity index (χ4v) is 4.09. The average Bonchev–Trinajstić information content (AvgIpc) is 3.14. The molecular weight excluding hydrogens is 370 g/mol. The molecule has 0 aliphatic carbocycles. The minimum absolute atomic E-state index is 0.0816. The highest BCUT2D eigenvalue weighted by molar-refractivity contribution is 6.06. The number of carbonyl (C=O) groups is 2. The van der Waals surface area contributed by atoms with Crippen LogP contribution in [-0.4, -0.2) is 32.7 Å². The van der Waals surface area contributed by atoms with Crippen molar-refractivity contribution >= 4 is 17.6 Å². The largest absolute Gasteiger partial charge is 0.493 e. The van der Waals surface area contributed by atoms with Crippen molar-refractivity contribution in [2.75, 3.05) is 25.7 Å². The summed E-state index contributed by atoms with van der Waals surface area (Å²) in [5.74, 6) is 0.172. The molecule has 0 saturated heterocycles. The van der Waals surface area contributed by atoms with Crippen LogP contribution in [-0.2, 0) is 20.7 Å². The summed E-state index contributed by atoms with van der Waals surface area (Å²) in [6.45, 7) is 2.16. The van der Waals surface area contributed by atoms with Gasteiger partial charge in [-0.05, 0) is 30.2 Å². The van der Waals surface area contributed by atoms with Crippen LogP contribution in [0.3, 0.4) is 0 Å². The van der Waals surface area contributed by atoms with Gasteiger partial charge in [0.2, 0.25) is 5.91 Å². The second kappa shape index (κ2) is 7.62. The first-order valence-corrected chi connectivity index (χ1v) is 9.62. The Hall–Kier alpha value is -3.28. The normalized spacial score (nSPS) is 18.6. The van der Waals surface area contributed by atoms with E-state index in [1.807, 2.05) is 36.4 Å². The Bertz CT molecular complexity index is 993. The van der Waals surface area contributed by atoms with Crippen molar-refractivity contribution in [1.82, 2.24) is 0 Å².